The van der Waals surface area contributed by atoms with Crippen LogP contribution in [-0.4, -0.2) is 36.6 Å². The molecular formula is C25H24ClN3O3. The predicted molar refractivity (Wildman–Crippen MR) is 126 cm³/mol. The van der Waals surface area contributed by atoms with Gasteiger partial charge in [-0.3, -0.25) is 9.59 Å². The van der Waals surface area contributed by atoms with Crippen LogP contribution in [0.1, 0.15) is 38.7 Å². The number of rotatable bonds is 4. The average Bonchev–Trinajstić information content (AvgIpc) is 2.95. The summed E-state index contributed by atoms with van der Waals surface area (Å²) < 4.78 is 0. The van der Waals surface area contributed by atoms with Crippen LogP contribution in [0.3, 0.4) is 0 Å². The van der Waals surface area contributed by atoms with Gasteiger partial charge in [0.15, 0.2) is 0 Å². The van der Waals surface area contributed by atoms with Crippen LogP contribution >= 0.6 is 11.6 Å². The molecule has 6 nitrogen and oxygen atoms in total. The highest BCUT2D eigenvalue weighted by Crippen LogP contribution is 2.33. The molecule has 1 aliphatic heterocycles. The summed E-state index contributed by atoms with van der Waals surface area (Å²) in [6, 6.07) is 20.9. The van der Waals surface area contributed by atoms with Crippen molar-refractivity contribution < 1.29 is 14.7 Å². The molecule has 3 N–H and O–H groups in total. The normalized spacial score (nSPS) is 17.9. The molecule has 0 radical (unpaired) electrons. The summed E-state index contributed by atoms with van der Waals surface area (Å²) in [7, 11) is 1.80. The lowest BCUT2D eigenvalue weighted by Crippen LogP contribution is -2.32. The van der Waals surface area contributed by atoms with E-state index in [9.17, 15) is 14.7 Å². The third-order valence-electron chi connectivity index (χ3n) is 5.66. The van der Waals surface area contributed by atoms with Gasteiger partial charge in [0.25, 0.3) is 11.8 Å². The van der Waals surface area contributed by atoms with Crippen molar-refractivity contribution in [1.82, 2.24) is 5.32 Å². The van der Waals surface area contributed by atoms with E-state index in [2.05, 4.69) is 10.6 Å². The highest BCUT2D eigenvalue weighted by Gasteiger charge is 2.31. The number of amides is 2. The van der Waals surface area contributed by atoms with Gasteiger partial charge >= 0.3 is 0 Å². The van der Waals surface area contributed by atoms with Gasteiger partial charge in [-0.2, -0.15) is 0 Å². The number of aliphatic hydroxyl groups is 1. The van der Waals surface area contributed by atoms with E-state index >= 15 is 0 Å². The first-order valence-corrected chi connectivity index (χ1v) is 10.8. The monoisotopic (exact) mass is 449 g/mol. The van der Waals surface area contributed by atoms with Crippen LogP contribution in [0.15, 0.2) is 72.8 Å². The van der Waals surface area contributed by atoms with Gasteiger partial charge in [0, 0.05) is 23.5 Å². The third kappa shape index (κ3) is 4.39. The molecule has 3 aromatic rings. The standard InChI is InChI=1S/C25H24ClN3O3/c1-27-23-19-7-3-5-9-21(19)29(15-14-22(23)30)25(32)16-10-12-17(13-11-16)28-24(31)18-6-2-4-8-20(18)26/h2-13,22-23,27,30H,14-15H2,1H3,(H,28,31). The van der Waals surface area contributed by atoms with Crippen molar-refractivity contribution in [3.05, 3.63) is 94.5 Å². The molecule has 0 spiro atoms. The highest BCUT2D eigenvalue weighted by molar-refractivity contribution is 6.34. The Morgan fingerprint density at radius 3 is 2.41 bits per heavy atom. The summed E-state index contributed by atoms with van der Waals surface area (Å²) in [5.41, 5.74) is 3.11. The SMILES string of the molecule is CNC1c2ccccc2N(C(=O)c2ccc(NC(=O)c3ccccc3Cl)cc2)CCC1O. The van der Waals surface area contributed by atoms with Gasteiger partial charge in [-0.15, -0.1) is 0 Å². The van der Waals surface area contributed by atoms with Crippen molar-refractivity contribution in [2.24, 2.45) is 0 Å². The van der Waals surface area contributed by atoms with E-state index in [1.165, 1.54) is 0 Å². The topological polar surface area (TPSA) is 81.7 Å². The fraction of sp³-hybridized carbons (Fsp3) is 0.200. The first-order chi connectivity index (χ1) is 15.5. The Hall–Kier alpha value is -3.19. The maximum Gasteiger partial charge on any atom is 0.258 e. The molecule has 32 heavy (non-hydrogen) atoms. The fourth-order valence-corrected chi connectivity index (χ4v) is 4.23. The summed E-state index contributed by atoms with van der Waals surface area (Å²) in [5.74, 6) is -0.478. The number of carbonyl (C=O) groups excluding carboxylic acids is 2. The zero-order chi connectivity index (χ0) is 22.7. The van der Waals surface area contributed by atoms with Crippen molar-refractivity contribution >= 4 is 34.8 Å². The second-order valence-electron chi connectivity index (χ2n) is 7.65. The third-order valence-corrected chi connectivity index (χ3v) is 5.99. The summed E-state index contributed by atoms with van der Waals surface area (Å²) >= 11 is 6.09. The van der Waals surface area contributed by atoms with Crippen LogP contribution in [0.5, 0.6) is 0 Å². The summed E-state index contributed by atoms with van der Waals surface area (Å²) in [6.45, 7) is 0.403. The van der Waals surface area contributed by atoms with Crippen molar-refractivity contribution in [2.75, 3.05) is 23.8 Å². The molecule has 0 saturated heterocycles. The number of halogens is 1. The molecule has 4 rings (SSSR count). The lowest BCUT2D eigenvalue weighted by molar-refractivity contribution is 0.0976. The smallest absolute Gasteiger partial charge is 0.258 e. The van der Waals surface area contributed by atoms with Crippen LogP contribution < -0.4 is 15.5 Å². The maximum absolute atomic E-state index is 13.3. The second-order valence-corrected chi connectivity index (χ2v) is 8.06. The van der Waals surface area contributed by atoms with E-state index in [0.29, 0.717) is 34.8 Å². The minimum absolute atomic E-state index is 0.162. The first-order valence-electron chi connectivity index (χ1n) is 10.4. The summed E-state index contributed by atoms with van der Waals surface area (Å²) in [6.07, 6.45) is -0.140. The van der Waals surface area contributed by atoms with E-state index in [0.717, 1.165) is 11.3 Å². The first kappa shape index (κ1) is 22.0. The molecular weight excluding hydrogens is 426 g/mol. The highest BCUT2D eigenvalue weighted by atomic mass is 35.5. The largest absolute Gasteiger partial charge is 0.391 e. The van der Waals surface area contributed by atoms with Gasteiger partial charge in [-0.25, -0.2) is 0 Å². The Labute approximate surface area is 191 Å². The number of hydrogen-bond donors (Lipinski definition) is 3. The molecule has 0 saturated carbocycles. The number of aliphatic hydroxyl groups excluding tert-OH is 1. The minimum Gasteiger partial charge on any atom is -0.391 e. The molecule has 0 aliphatic carbocycles. The predicted octanol–water partition coefficient (Wildman–Crippen LogP) is 4.26. The zero-order valence-electron chi connectivity index (χ0n) is 17.6. The number of fused-ring (bicyclic) bond motifs is 1. The lowest BCUT2D eigenvalue weighted by Gasteiger charge is -2.24. The molecule has 0 aromatic heterocycles. The van der Waals surface area contributed by atoms with E-state index in [1.807, 2.05) is 24.3 Å². The van der Waals surface area contributed by atoms with E-state index in [4.69, 9.17) is 11.6 Å². The van der Waals surface area contributed by atoms with E-state index in [-0.39, 0.29) is 17.9 Å². The number of anilines is 2. The number of likely N-dealkylation sites (N-methyl/N-ethyl adjacent to an activating group) is 1. The molecule has 3 aromatic carbocycles. The minimum atomic E-state index is -0.596. The van der Waals surface area contributed by atoms with E-state index < -0.39 is 6.10 Å². The molecule has 2 amide bonds. The molecule has 2 unspecified atom stereocenters. The van der Waals surface area contributed by atoms with Gasteiger partial charge in [0.05, 0.1) is 22.7 Å². The summed E-state index contributed by atoms with van der Waals surface area (Å²) in [4.78, 5) is 27.5. The van der Waals surface area contributed by atoms with Crippen molar-refractivity contribution in [1.29, 1.82) is 0 Å². The molecule has 1 aliphatic rings. The maximum atomic E-state index is 13.3. The van der Waals surface area contributed by atoms with Gasteiger partial charge in [-0.1, -0.05) is 41.9 Å². The molecule has 0 bridgehead atoms. The Morgan fingerprint density at radius 1 is 1.00 bits per heavy atom. The Morgan fingerprint density at radius 2 is 1.69 bits per heavy atom. The van der Waals surface area contributed by atoms with Crippen LogP contribution in [-0.2, 0) is 0 Å². The molecule has 0 fully saturated rings. The van der Waals surface area contributed by atoms with E-state index in [1.54, 1.807) is 60.5 Å². The van der Waals surface area contributed by atoms with Crippen LogP contribution in [0.25, 0.3) is 0 Å². The number of nitrogens with one attached hydrogen (secondary N) is 2. The molecule has 1 heterocycles. The van der Waals surface area contributed by atoms with Crippen LogP contribution in [0, 0.1) is 0 Å². The number of hydrogen-bond acceptors (Lipinski definition) is 4. The van der Waals surface area contributed by atoms with Gasteiger partial charge in [0.2, 0.25) is 0 Å². The molecule has 7 heteroatoms. The fourth-order valence-electron chi connectivity index (χ4n) is 4.01. The lowest BCUT2D eigenvalue weighted by atomic mass is 9.99. The Bertz CT molecular complexity index is 1130. The average molecular weight is 450 g/mol. The van der Waals surface area contributed by atoms with Crippen molar-refractivity contribution in [3.63, 3.8) is 0 Å². The van der Waals surface area contributed by atoms with Gasteiger partial charge in [-0.05, 0) is 61.5 Å². The van der Waals surface area contributed by atoms with Crippen molar-refractivity contribution in [3.8, 4) is 0 Å². The van der Waals surface area contributed by atoms with Crippen LogP contribution in [0.4, 0.5) is 11.4 Å². The number of benzene rings is 3. The molecule has 2 atom stereocenters. The number of para-hydroxylation sites is 1. The second kappa shape index (κ2) is 9.53. The molecule has 164 valence electrons. The van der Waals surface area contributed by atoms with Crippen molar-refractivity contribution in [2.45, 2.75) is 18.6 Å². The van der Waals surface area contributed by atoms with Gasteiger partial charge < -0.3 is 20.6 Å². The number of carbonyl (C=O) groups is 2. The summed E-state index contributed by atoms with van der Waals surface area (Å²) in [5, 5.41) is 16.9. The zero-order valence-corrected chi connectivity index (χ0v) is 18.3. The van der Waals surface area contributed by atoms with Crippen LogP contribution in [0.2, 0.25) is 5.02 Å². The van der Waals surface area contributed by atoms with Gasteiger partial charge in [0.1, 0.15) is 0 Å². The Kier molecular flexibility index (Phi) is 6.55. The quantitative estimate of drug-likeness (QED) is 0.555. The number of nitrogens with zero attached hydrogens (tertiary/aromatic N) is 1. The Balaban J connectivity index is 1.55.